The Hall–Kier alpha value is -1.36. The van der Waals surface area contributed by atoms with Gasteiger partial charge in [0.05, 0.1) is 6.61 Å². The van der Waals surface area contributed by atoms with Crippen LogP contribution in [0.2, 0.25) is 5.15 Å². The first-order valence-electron chi connectivity index (χ1n) is 3.80. The van der Waals surface area contributed by atoms with E-state index in [4.69, 9.17) is 16.3 Å². The SMILES string of the molecule is CCOc1nc2ncnc(Cl)c2[nH]1. The molecule has 2 aromatic rings. The van der Waals surface area contributed by atoms with Crippen LogP contribution in [0.1, 0.15) is 6.92 Å². The van der Waals surface area contributed by atoms with Crippen molar-refractivity contribution < 1.29 is 4.74 Å². The summed E-state index contributed by atoms with van der Waals surface area (Å²) >= 11 is 5.79. The van der Waals surface area contributed by atoms with Crippen LogP contribution in [0, 0.1) is 0 Å². The summed E-state index contributed by atoms with van der Waals surface area (Å²) in [4.78, 5) is 14.7. The number of aromatic amines is 1. The molecule has 0 fully saturated rings. The van der Waals surface area contributed by atoms with Gasteiger partial charge < -0.3 is 9.72 Å². The molecule has 0 saturated heterocycles. The largest absolute Gasteiger partial charge is 0.465 e. The topological polar surface area (TPSA) is 63.7 Å². The maximum Gasteiger partial charge on any atom is 0.296 e. The minimum absolute atomic E-state index is 0.350. The van der Waals surface area contributed by atoms with E-state index in [1.165, 1.54) is 6.33 Å². The Labute approximate surface area is 79.1 Å². The van der Waals surface area contributed by atoms with Crippen LogP contribution in [0.25, 0.3) is 11.2 Å². The summed E-state index contributed by atoms with van der Waals surface area (Å²) in [6.45, 7) is 2.42. The normalized spacial score (nSPS) is 10.6. The van der Waals surface area contributed by atoms with Crippen molar-refractivity contribution in [3.8, 4) is 6.01 Å². The Balaban J connectivity index is 2.55. The zero-order valence-electron chi connectivity index (χ0n) is 6.91. The lowest BCUT2D eigenvalue weighted by atomic mass is 10.6. The van der Waals surface area contributed by atoms with Gasteiger partial charge in [-0.05, 0) is 6.92 Å². The number of nitrogens with one attached hydrogen (secondary N) is 1. The minimum Gasteiger partial charge on any atom is -0.465 e. The van der Waals surface area contributed by atoms with Gasteiger partial charge in [-0.1, -0.05) is 11.6 Å². The molecular formula is C7H7ClN4O. The van der Waals surface area contributed by atoms with Crippen molar-refractivity contribution >= 4 is 22.8 Å². The number of nitrogens with zero attached hydrogens (tertiary/aromatic N) is 3. The number of imidazole rings is 1. The predicted molar refractivity (Wildman–Crippen MR) is 47.9 cm³/mol. The van der Waals surface area contributed by atoms with E-state index >= 15 is 0 Å². The lowest BCUT2D eigenvalue weighted by Crippen LogP contribution is -1.92. The third-order valence-corrected chi connectivity index (χ3v) is 1.79. The summed E-state index contributed by atoms with van der Waals surface area (Å²) in [7, 11) is 0. The van der Waals surface area contributed by atoms with Crippen LogP contribution in [0.5, 0.6) is 6.01 Å². The van der Waals surface area contributed by atoms with Crippen molar-refractivity contribution in [2.45, 2.75) is 6.92 Å². The van der Waals surface area contributed by atoms with E-state index in [2.05, 4.69) is 19.9 Å². The monoisotopic (exact) mass is 198 g/mol. The zero-order valence-corrected chi connectivity index (χ0v) is 7.67. The van der Waals surface area contributed by atoms with Crippen LogP contribution >= 0.6 is 11.6 Å². The molecule has 0 saturated carbocycles. The number of H-pyrrole nitrogens is 1. The van der Waals surface area contributed by atoms with Crippen LogP contribution < -0.4 is 4.74 Å². The molecule has 0 aliphatic heterocycles. The number of hydrogen-bond acceptors (Lipinski definition) is 4. The molecule has 6 heteroatoms. The van der Waals surface area contributed by atoms with Crippen molar-refractivity contribution in [3.05, 3.63) is 11.5 Å². The van der Waals surface area contributed by atoms with Crippen LogP contribution in [-0.2, 0) is 0 Å². The zero-order chi connectivity index (χ0) is 9.26. The van der Waals surface area contributed by atoms with Gasteiger partial charge in [-0.15, -0.1) is 0 Å². The molecule has 2 rings (SSSR count). The molecular weight excluding hydrogens is 192 g/mol. The first-order valence-corrected chi connectivity index (χ1v) is 4.18. The highest BCUT2D eigenvalue weighted by molar-refractivity contribution is 6.33. The fourth-order valence-corrected chi connectivity index (χ4v) is 1.16. The van der Waals surface area contributed by atoms with Gasteiger partial charge in [0, 0.05) is 0 Å². The van der Waals surface area contributed by atoms with Gasteiger partial charge in [-0.25, -0.2) is 9.97 Å². The van der Waals surface area contributed by atoms with Gasteiger partial charge in [-0.2, -0.15) is 4.98 Å². The summed E-state index contributed by atoms with van der Waals surface area (Å²) in [5.41, 5.74) is 1.12. The third-order valence-electron chi connectivity index (χ3n) is 1.50. The number of rotatable bonds is 2. The molecule has 5 nitrogen and oxygen atoms in total. The van der Waals surface area contributed by atoms with E-state index < -0.39 is 0 Å². The number of halogens is 1. The highest BCUT2D eigenvalue weighted by Crippen LogP contribution is 2.19. The summed E-state index contributed by atoms with van der Waals surface area (Å²) < 4.78 is 5.15. The number of ether oxygens (including phenoxy) is 1. The maximum absolute atomic E-state index is 5.79. The fourth-order valence-electron chi connectivity index (χ4n) is 0.984. The molecule has 2 heterocycles. The third kappa shape index (κ3) is 1.42. The molecule has 1 N–H and O–H groups in total. The average molecular weight is 199 g/mol. The minimum atomic E-state index is 0.350. The lowest BCUT2D eigenvalue weighted by molar-refractivity contribution is 0.317. The second kappa shape index (κ2) is 3.18. The van der Waals surface area contributed by atoms with Crippen molar-refractivity contribution in [3.63, 3.8) is 0 Å². The van der Waals surface area contributed by atoms with Crippen LogP contribution in [0.4, 0.5) is 0 Å². The smallest absolute Gasteiger partial charge is 0.296 e. The molecule has 13 heavy (non-hydrogen) atoms. The van der Waals surface area contributed by atoms with E-state index in [1.807, 2.05) is 6.92 Å². The Morgan fingerprint density at radius 2 is 2.38 bits per heavy atom. The number of hydrogen-bond donors (Lipinski definition) is 1. The van der Waals surface area contributed by atoms with Crippen molar-refractivity contribution in [2.75, 3.05) is 6.61 Å². The fraction of sp³-hybridized carbons (Fsp3) is 0.286. The van der Waals surface area contributed by atoms with Gasteiger partial charge in [0.2, 0.25) is 0 Å². The molecule has 2 aromatic heterocycles. The first-order chi connectivity index (χ1) is 6.31. The molecule has 0 amide bonds. The van der Waals surface area contributed by atoms with Gasteiger partial charge in [-0.3, -0.25) is 0 Å². The molecule has 0 aliphatic rings. The Morgan fingerprint density at radius 3 is 3.08 bits per heavy atom. The molecule has 0 aliphatic carbocycles. The second-order valence-corrected chi connectivity index (χ2v) is 2.70. The quantitative estimate of drug-likeness (QED) is 0.741. The molecule has 0 atom stereocenters. The highest BCUT2D eigenvalue weighted by Gasteiger charge is 2.07. The summed E-state index contributed by atoms with van der Waals surface area (Å²) in [5.74, 6) is 0. The van der Waals surface area contributed by atoms with Crippen molar-refractivity contribution in [1.29, 1.82) is 0 Å². The van der Waals surface area contributed by atoms with Crippen LogP contribution in [0.15, 0.2) is 6.33 Å². The van der Waals surface area contributed by atoms with Gasteiger partial charge >= 0.3 is 0 Å². The van der Waals surface area contributed by atoms with E-state index in [0.29, 0.717) is 28.9 Å². The first kappa shape index (κ1) is 8.25. The van der Waals surface area contributed by atoms with Crippen molar-refractivity contribution in [2.24, 2.45) is 0 Å². The van der Waals surface area contributed by atoms with E-state index in [9.17, 15) is 0 Å². The summed E-state index contributed by atoms with van der Waals surface area (Å²) in [6.07, 6.45) is 1.36. The Morgan fingerprint density at radius 1 is 1.54 bits per heavy atom. The van der Waals surface area contributed by atoms with E-state index in [1.54, 1.807) is 0 Å². The molecule has 0 radical (unpaired) electrons. The summed E-state index contributed by atoms with van der Waals surface area (Å²) in [6, 6.07) is 0.417. The molecule has 68 valence electrons. The average Bonchev–Trinajstić information content (AvgIpc) is 2.49. The Bertz CT molecular complexity index is 427. The van der Waals surface area contributed by atoms with Gasteiger partial charge in [0.15, 0.2) is 10.8 Å². The van der Waals surface area contributed by atoms with E-state index in [-0.39, 0.29) is 0 Å². The Kier molecular flexibility index (Phi) is 2.02. The molecule has 0 aromatic carbocycles. The second-order valence-electron chi connectivity index (χ2n) is 2.34. The predicted octanol–water partition coefficient (Wildman–Crippen LogP) is 1.40. The van der Waals surface area contributed by atoms with Crippen LogP contribution in [-0.4, -0.2) is 26.5 Å². The number of aromatic nitrogens is 4. The van der Waals surface area contributed by atoms with E-state index in [0.717, 1.165) is 0 Å². The van der Waals surface area contributed by atoms with Gasteiger partial charge in [0.1, 0.15) is 11.8 Å². The maximum atomic E-state index is 5.79. The van der Waals surface area contributed by atoms with Crippen molar-refractivity contribution in [1.82, 2.24) is 19.9 Å². The molecule has 0 bridgehead atoms. The number of fused-ring (bicyclic) bond motifs is 1. The summed E-state index contributed by atoms with van der Waals surface area (Å²) in [5, 5.41) is 0.350. The molecule has 0 spiro atoms. The highest BCUT2D eigenvalue weighted by atomic mass is 35.5. The molecule has 0 unspecified atom stereocenters. The van der Waals surface area contributed by atoms with Gasteiger partial charge in [0.25, 0.3) is 6.01 Å². The standard InChI is InChI=1S/C7H7ClN4O/c1-2-13-7-11-4-5(8)9-3-10-6(4)12-7/h3H,2H2,1H3,(H,9,10,11,12). The van der Waals surface area contributed by atoms with Crippen LogP contribution in [0.3, 0.4) is 0 Å². The lowest BCUT2D eigenvalue weighted by Gasteiger charge is -1.93.